The number of thiocarbonyl (C=S) groups is 1. The van der Waals surface area contributed by atoms with Crippen LogP contribution in [-0.2, 0) is 4.79 Å². The van der Waals surface area contributed by atoms with Crippen LogP contribution in [0.2, 0.25) is 0 Å². The van der Waals surface area contributed by atoms with Crippen LogP contribution in [-0.4, -0.2) is 39.8 Å². The molecule has 0 aromatic heterocycles. The van der Waals surface area contributed by atoms with E-state index in [9.17, 15) is 24.6 Å². The number of hydrogen-bond donors (Lipinski definition) is 6. The molecule has 2 aromatic carbocycles. The highest BCUT2D eigenvalue weighted by Gasteiger charge is 2.22. The second-order valence-corrected chi connectivity index (χ2v) is 9.17. The van der Waals surface area contributed by atoms with Crippen molar-refractivity contribution in [1.29, 1.82) is 0 Å². The number of primary amides is 1. The summed E-state index contributed by atoms with van der Waals surface area (Å²) in [6.07, 6.45) is 1.88. The first-order valence-electron chi connectivity index (χ1n) is 11.8. The summed E-state index contributed by atoms with van der Waals surface area (Å²) in [5.41, 5.74) is 12.8. The lowest BCUT2D eigenvalue weighted by molar-refractivity contribution is -0.119. The first-order chi connectivity index (χ1) is 18.1. The Kier molecular flexibility index (Phi) is 7.89. The van der Waals surface area contributed by atoms with Crippen LogP contribution in [0.3, 0.4) is 0 Å². The number of aromatic hydroxyl groups is 1. The van der Waals surface area contributed by atoms with Crippen LogP contribution in [0.1, 0.15) is 29.6 Å². The first-order valence-corrected chi connectivity index (χ1v) is 12.2. The molecule has 1 aliphatic heterocycles. The lowest BCUT2D eigenvalue weighted by Crippen LogP contribution is -2.36. The summed E-state index contributed by atoms with van der Waals surface area (Å²) >= 11 is 5.33. The predicted molar refractivity (Wildman–Crippen MR) is 148 cm³/mol. The summed E-state index contributed by atoms with van der Waals surface area (Å²) in [6.45, 7) is 0.529. The molecule has 196 valence electrons. The molecule has 0 fully saturated rings. The zero-order chi connectivity index (χ0) is 27.4. The monoisotopic (exact) mass is 534 g/mol. The lowest BCUT2D eigenvalue weighted by Gasteiger charge is -2.18. The lowest BCUT2D eigenvalue weighted by atomic mass is 9.90. The maximum absolute atomic E-state index is 12.3. The van der Waals surface area contributed by atoms with Gasteiger partial charge in [0, 0.05) is 40.9 Å². The Hall–Kier alpha value is -4.48. The Morgan fingerprint density at radius 3 is 2.53 bits per heavy atom. The van der Waals surface area contributed by atoms with E-state index in [0.29, 0.717) is 64.3 Å². The van der Waals surface area contributed by atoms with Gasteiger partial charge < -0.3 is 36.7 Å². The third-order valence-electron chi connectivity index (χ3n) is 6.05. The highest BCUT2D eigenvalue weighted by atomic mass is 32.1. The molecule has 0 unspecified atom stereocenters. The van der Waals surface area contributed by atoms with E-state index in [1.165, 1.54) is 30.3 Å². The predicted octanol–water partition coefficient (Wildman–Crippen LogP) is 3.24. The molecule has 38 heavy (non-hydrogen) atoms. The highest BCUT2D eigenvalue weighted by molar-refractivity contribution is 7.80. The Labute approximate surface area is 222 Å². The number of phenols is 1. The molecule has 10 nitrogen and oxygen atoms in total. The van der Waals surface area contributed by atoms with Crippen LogP contribution in [0, 0.1) is 0 Å². The second-order valence-electron chi connectivity index (χ2n) is 8.77. The van der Waals surface area contributed by atoms with Crippen molar-refractivity contribution in [2.24, 2.45) is 11.5 Å². The molecule has 4 rings (SSSR count). The maximum Gasteiger partial charge on any atom is 0.336 e. The minimum Gasteiger partial charge on any atom is -0.508 e. The van der Waals surface area contributed by atoms with Crippen LogP contribution >= 0.6 is 12.2 Å². The summed E-state index contributed by atoms with van der Waals surface area (Å²) in [6, 6.07) is 13.0. The van der Waals surface area contributed by atoms with Crippen molar-refractivity contribution in [1.82, 2.24) is 5.32 Å². The average Bonchev–Trinajstić information content (AvgIpc) is 2.86. The summed E-state index contributed by atoms with van der Waals surface area (Å²) in [4.78, 5) is 35.3. The fourth-order valence-corrected chi connectivity index (χ4v) is 4.39. The van der Waals surface area contributed by atoms with Crippen molar-refractivity contribution in [2.45, 2.75) is 25.3 Å². The number of nitrogens with one attached hydrogen (secondary N) is 2. The summed E-state index contributed by atoms with van der Waals surface area (Å²) in [7, 11) is 0. The number of unbranched alkanes of at least 4 members (excludes halogenated alkanes) is 1. The minimum atomic E-state index is -1.16. The molecule has 1 aliphatic carbocycles. The molecule has 0 spiro atoms. The Bertz CT molecular complexity index is 1570. The van der Waals surface area contributed by atoms with Crippen molar-refractivity contribution < 1.29 is 24.2 Å². The third-order valence-corrected chi connectivity index (χ3v) is 6.29. The Morgan fingerprint density at radius 1 is 1.03 bits per heavy atom. The molecule has 2 aromatic rings. The van der Waals surface area contributed by atoms with Gasteiger partial charge in [0.05, 0.1) is 11.6 Å². The fourth-order valence-electron chi connectivity index (χ4n) is 4.18. The molecule has 1 amide bonds. The van der Waals surface area contributed by atoms with Gasteiger partial charge in [-0.05, 0) is 73.4 Å². The average molecular weight is 535 g/mol. The van der Waals surface area contributed by atoms with E-state index in [1.54, 1.807) is 24.3 Å². The van der Waals surface area contributed by atoms with Gasteiger partial charge in [-0.1, -0.05) is 6.07 Å². The molecule has 8 N–H and O–H groups in total. The molecule has 1 heterocycles. The molecule has 2 aliphatic rings. The standard InChI is InChI=1S/C27H26N4O6S/c28-21(25(29)34)3-1-2-10-30-27(38)31-14-4-7-17(20(11-14)26(35)36)24-18-8-5-15(32)12-22(18)37-23-13-16(33)6-9-19(23)24/h4-9,11-13,21,32H,1-3,10,28H2,(H2,29,34)(H,35,36)(H2,30,31,38)/t21-/m1/s1. The Balaban J connectivity index is 1.61. The zero-order valence-corrected chi connectivity index (χ0v) is 21.0. The molecular weight excluding hydrogens is 508 g/mol. The van der Waals surface area contributed by atoms with Crippen LogP contribution < -0.4 is 27.5 Å². The Morgan fingerprint density at radius 2 is 1.79 bits per heavy atom. The number of carboxylic acid groups (broad SMARTS) is 1. The topological polar surface area (TPSA) is 181 Å². The van der Waals surface area contributed by atoms with Gasteiger partial charge in [0.25, 0.3) is 0 Å². The molecule has 0 radical (unpaired) electrons. The van der Waals surface area contributed by atoms with E-state index in [1.807, 2.05) is 0 Å². The number of rotatable bonds is 9. The molecule has 0 saturated heterocycles. The van der Waals surface area contributed by atoms with Gasteiger partial charge in [0.2, 0.25) is 5.91 Å². The quantitative estimate of drug-likeness (QED) is 0.106. The van der Waals surface area contributed by atoms with Gasteiger partial charge in [-0.25, -0.2) is 4.79 Å². The smallest absolute Gasteiger partial charge is 0.336 e. The second kappa shape index (κ2) is 11.3. The van der Waals surface area contributed by atoms with Crippen molar-refractivity contribution in [3.8, 4) is 28.2 Å². The number of amides is 1. The summed E-state index contributed by atoms with van der Waals surface area (Å²) < 4.78 is 5.85. The number of carbonyl (C=O) groups is 2. The number of hydrogen-bond acceptors (Lipinski definition) is 7. The van der Waals surface area contributed by atoms with Crippen LogP contribution in [0.4, 0.5) is 5.69 Å². The van der Waals surface area contributed by atoms with Gasteiger partial charge >= 0.3 is 5.97 Å². The van der Waals surface area contributed by atoms with E-state index >= 15 is 0 Å². The number of fused-ring (bicyclic) bond motifs is 2. The van der Waals surface area contributed by atoms with Crippen molar-refractivity contribution in [2.75, 3.05) is 11.9 Å². The normalized spacial score (nSPS) is 11.8. The number of carboxylic acids is 1. The SMILES string of the molecule is NC(=O)[C@H](N)CCCCNC(=S)Nc1ccc(-c2c3ccc(=O)cc-3oc3cc(O)ccc23)c(C(=O)O)c1. The van der Waals surface area contributed by atoms with Gasteiger partial charge in [0.15, 0.2) is 10.5 Å². The van der Waals surface area contributed by atoms with Crippen LogP contribution in [0.25, 0.3) is 33.4 Å². The largest absolute Gasteiger partial charge is 0.508 e. The van der Waals surface area contributed by atoms with Gasteiger partial charge in [-0.3, -0.25) is 9.59 Å². The number of benzene rings is 3. The number of aromatic carboxylic acids is 1. The number of phenolic OH excluding ortho intramolecular Hbond substituents is 1. The molecule has 11 heteroatoms. The molecule has 0 saturated carbocycles. The van der Waals surface area contributed by atoms with E-state index < -0.39 is 17.9 Å². The zero-order valence-electron chi connectivity index (χ0n) is 20.2. The van der Waals surface area contributed by atoms with Crippen molar-refractivity contribution in [3.05, 3.63) is 70.4 Å². The van der Waals surface area contributed by atoms with Gasteiger partial charge in [-0.15, -0.1) is 0 Å². The van der Waals surface area contributed by atoms with Crippen molar-refractivity contribution in [3.63, 3.8) is 0 Å². The first kappa shape index (κ1) is 26.6. The van der Waals surface area contributed by atoms with Gasteiger partial charge in [0.1, 0.15) is 17.1 Å². The maximum atomic E-state index is 12.3. The molecular formula is C27H26N4O6S. The fraction of sp³-hybridized carbons (Fsp3) is 0.185. The number of anilines is 1. The van der Waals surface area contributed by atoms with Crippen molar-refractivity contribution >= 4 is 45.9 Å². The molecule has 0 bridgehead atoms. The highest BCUT2D eigenvalue weighted by Crippen LogP contribution is 2.42. The summed E-state index contributed by atoms with van der Waals surface area (Å²) in [5, 5.41) is 26.9. The van der Waals surface area contributed by atoms with Crippen LogP contribution in [0.15, 0.2) is 63.8 Å². The molecule has 1 atom stereocenters. The van der Waals surface area contributed by atoms with Crippen LogP contribution in [0.5, 0.6) is 5.75 Å². The van der Waals surface area contributed by atoms with E-state index in [0.717, 1.165) is 0 Å². The summed E-state index contributed by atoms with van der Waals surface area (Å²) in [5.74, 6) is -1.45. The third kappa shape index (κ3) is 5.90. The van der Waals surface area contributed by atoms with E-state index in [-0.39, 0.29) is 22.5 Å². The van der Waals surface area contributed by atoms with Gasteiger partial charge in [-0.2, -0.15) is 0 Å². The van der Waals surface area contributed by atoms with E-state index in [2.05, 4.69) is 10.6 Å². The minimum absolute atomic E-state index is 0.00585. The number of carbonyl (C=O) groups excluding carboxylic acids is 1. The number of nitrogens with two attached hydrogens (primary N) is 2. The van der Waals surface area contributed by atoms with E-state index in [4.69, 9.17) is 28.1 Å².